The van der Waals surface area contributed by atoms with E-state index in [9.17, 15) is 4.79 Å². The van der Waals surface area contributed by atoms with Crippen LogP contribution in [0.15, 0.2) is 40.1 Å². The number of rotatable bonds is 8. The Balaban J connectivity index is 1.31. The molecule has 1 fully saturated rings. The molecule has 0 atom stereocenters. The van der Waals surface area contributed by atoms with Gasteiger partial charge in [-0.1, -0.05) is 11.8 Å². The summed E-state index contributed by atoms with van der Waals surface area (Å²) < 4.78 is 9.13. The van der Waals surface area contributed by atoms with Crippen LogP contribution < -0.4 is 10.2 Å². The number of carbonyl (C=O) groups is 1. The molecule has 4 aromatic rings. The number of hydrogen-bond donors (Lipinski definition) is 1. The van der Waals surface area contributed by atoms with Gasteiger partial charge in [-0.2, -0.15) is 9.78 Å². The van der Waals surface area contributed by atoms with Gasteiger partial charge in [0.2, 0.25) is 11.9 Å². The van der Waals surface area contributed by atoms with Crippen molar-refractivity contribution in [1.82, 2.24) is 34.5 Å². The smallest absolute Gasteiger partial charge is 0.252 e. The molecule has 0 spiro atoms. The van der Waals surface area contributed by atoms with Crippen molar-refractivity contribution in [3.05, 3.63) is 53.4 Å². The predicted molar refractivity (Wildman–Crippen MR) is 132 cm³/mol. The first-order chi connectivity index (χ1) is 17.0. The van der Waals surface area contributed by atoms with Crippen LogP contribution in [-0.4, -0.2) is 59.3 Å². The Bertz CT molecular complexity index is 1300. The second-order valence-corrected chi connectivity index (χ2v) is 9.46. The molecule has 0 bridgehead atoms. The summed E-state index contributed by atoms with van der Waals surface area (Å²) in [6.45, 7) is 8.07. The normalized spacial score (nSPS) is 13.5. The standard InChI is InChI=1S/C23H27N9O2S/c1-15-11-16(2)25-21(24-15)32-19(12-17(3)29-32)26-20(33)14-35-23-28-27-22(30-8-4-5-9-30)31(23)13-18-7-6-10-34-18/h6-7,10-12H,4-5,8-9,13-14H2,1-3H3,(H,26,33). The number of furan rings is 1. The first kappa shape index (κ1) is 23.1. The number of amides is 1. The average molecular weight is 494 g/mol. The van der Waals surface area contributed by atoms with Gasteiger partial charge in [-0.25, -0.2) is 9.97 Å². The minimum absolute atomic E-state index is 0.161. The molecular formula is C23H27N9O2S. The zero-order valence-corrected chi connectivity index (χ0v) is 20.7. The largest absolute Gasteiger partial charge is 0.467 e. The third-order valence-electron chi connectivity index (χ3n) is 5.57. The summed E-state index contributed by atoms with van der Waals surface area (Å²) >= 11 is 1.34. The molecule has 0 radical (unpaired) electrons. The van der Waals surface area contributed by atoms with Crippen LogP contribution in [0.2, 0.25) is 0 Å². The van der Waals surface area contributed by atoms with Crippen LogP contribution in [0, 0.1) is 20.8 Å². The van der Waals surface area contributed by atoms with Gasteiger partial charge in [-0.3, -0.25) is 9.36 Å². The van der Waals surface area contributed by atoms with E-state index in [-0.39, 0.29) is 11.7 Å². The van der Waals surface area contributed by atoms with Crippen LogP contribution in [0.5, 0.6) is 0 Å². The molecular weight excluding hydrogens is 466 g/mol. The van der Waals surface area contributed by atoms with Crippen LogP contribution in [-0.2, 0) is 11.3 Å². The fourth-order valence-electron chi connectivity index (χ4n) is 4.09. The number of aromatic nitrogens is 7. The number of nitrogens with zero attached hydrogens (tertiary/aromatic N) is 8. The second kappa shape index (κ2) is 9.90. The van der Waals surface area contributed by atoms with Gasteiger partial charge in [-0.15, -0.1) is 10.2 Å². The number of nitrogens with one attached hydrogen (secondary N) is 1. The van der Waals surface area contributed by atoms with Crippen LogP contribution in [0.25, 0.3) is 5.95 Å². The third kappa shape index (κ3) is 5.21. The Hall–Kier alpha value is -3.67. The minimum Gasteiger partial charge on any atom is -0.467 e. The summed E-state index contributed by atoms with van der Waals surface area (Å²) in [5, 5.41) is 16.9. The van der Waals surface area contributed by atoms with Crippen LogP contribution in [0.3, 0.4) is 0 Å². The molecule has 1 N–H and O–H groups in total. The lowest BCUT2D eigenvalue weighted by Crippen LogP contribution is -2.23. The molecule has 1 aliphatic rings. The molecule has 0 aliphatic carbocycles. The molecule has 0 unspecified atom stereocenters. The molecule has 1 saturated heterocycles. The molecule has 5 heterocycles. The van der Waals surface area contributed by atoms with E-state index in [2.05, 4.69) is 35.5 Å². The Morgan fingerprint density at radius 1 is 1.09 bits per heavy atom. The van der Waals surface area contributed by atoms with Crippen molar-refractivity contribution in [3.63, 3.8) is 0 Å². The highest BCUT2D eigenvalue weighted by Crippen LogP contribution is 2.26. The quantitative estimate of drug-likeness (QED) is 0.369. The molecule has 1 amide bonds. The highest BCUT2D eigenvalue weighted by atomic mass is 32.2. The molecule has 182 valence electrons. The lowest BCUT2D eigenvalue weighted by Gasteiger charge is -2.17. The average Bonchev–Trinajstić information content (AvgIpc) is 3.60. The van der Waals surface area contributed by atoms with Crippen molar-refractivity contribution < 1.29 is 9.21 Å². The van der Waals surface area contributed by atoms with Crippen molar-refractivity contribution in [2.45, 2.75) is 45.3 Å². The molecule has 0 aromatic carbocycles. The van der Waals surface area contributed by atoms with Gasteiger partial charge in [0.05, 0.1) is 24.3 Å². The van der Waals surface area contributed by atoms with E-state index in [4.69, 9.17) is 4.42 Å². The van der Waals surface area contributed by atoms with Gasteiger partial charge < -0.3 is 14.6 Å². The van der Waals surface area contributed by atoms with Crippen LogP contribution in [0.4, 0.5) is 11.8 Å². The topological polar surface area (TPSA) is 120 Å². The SMILES string of the molecule is Cc1cc(C)nc(-n2nc(C)cc2NC(=O)CSc2nnc(N3CCCC3)n2Cc2ccco2)n1. The fraction of sp³-hybridized carbons (Fsp3) is 0.391. The van der Waals surface area contributed by atoms with Crippen molar-refractivity contribution in [2.75, 3.05) is 29.1 Å². The third-order valence-corrected chi connectivity index (χ3v) is 6.54. The zero-order valence-electron chi connectivity index (χ0n) is 19.9. The monoisotopic (exact) mass is 493 g/mol. The van der Waals surface area contributed by atoms with Crippen molar-refractivity contribution in [2.24, 2.45) is 0 Å². The van der Waals surface area contributed by atoms with Gasteiger partial charge in [0.25, 0.3) is 5.95 Å². The predicted octanol–water partition coefficient (Wildman–Crippen LogP) is 3.15. The summed E-state index contributed by atoms with van der Waals surface area (Å²) in [5.74, 6) is 2.54. The van der Waals surface area contributed by atoms with E-state index >= 15 is 0 Å². The van der Waals surface area contributed by atoms with Crippen molar-refractivity contribution in [3.8, 4) is 5.95 Å². The number of hydrogen-bond acceptors (Lipinski definition) is 9. The Labute approximate surface area is 207 Å². The number of aryl methyl sites for hydroxylation is 3. The summed E-state index contributed by atoms with van der Waals surface area (Å²) in [5.41, 5.74) is 2.42. The Morgan fingerprint density at radius 3 is 2.57 bits per heavy atom. The van der Waals surface area contributed by atoms with Gasteiger partial charge in [-0.05, 0) is 51.8 Å². The highest BCUT2D eigenvalue weighted by molar-refractivity contribution is 7.99. The highest BCUT2D eigenvalue weighted by Gasteiger charge is 2.23. The van der Waals surface area contributed by atoms with Gasteiger partial charge in [0.1, 0.15) is 11.6 Å². The summed E-state index contributed by atoms with van der Waals surface area (Å²) in [7, 11) is 0. The molecule has 12 heteroatoms. The van der Waals surface area contributed by atoms with E-state index < -0.39 is 0 Å². The van der Waals surface area contributed by atoms with Crippen LogP contribution in [0.1, 0.15) is 35.7 Å². The molecule has 4 aromatic heterocycles. The number of anilines is 2. The van der Waals surface area contributed by atoms with Gasteiger partial charge in [0, 0.05) is 30.5 Å². The summed E-state index contributed by atoms with van der Waals surface area (Å²) in [6.07, 6.45) is 3.92. The van der Waals surface area contributed by atoms with E-state index in [0.29, 0.717) is 23.5 Å². The maximum absolute atomic E-state index is 12.9. The van der Waals surface area contributed by atoms with Gasteiger partial charge in [0.15, 0.2) is 5.16 Å². The number of thioether (sulfide) groups is 1. The van der Waals surface area contributed by atoms with Crippen molar-refractivity contribution >= 4 is 29.4 Å². The van der Waals surface area contributed by atoms with E-state index in [1.807, 2.05) is 43.5 Å². The molecule has 0 saturated carbocycles. The van der Waals surface area contributed by atoms with Crippen LogP contribution >= 0.6 is 11.8 Å². The summed E-state index contributed by atoms with van der Waals surface area (Å²) in [4.78, 5) is 24.1. The molecule has 35 heavy (non-hydrogen) atoms. The van der Waals surface area contributed by atoms with E-state index in [0.717, 1.165) is 54.7 Å². The first-order valence-corrected chi connectivity index (χ1v) is 12.5. The Morgan fingerprint density at radius 2 is 1.86 bits per heavy atom. The lowest BCUT2D eigenvalue weighted by atomic mass is 10.4. The second-order valence-electron chi connectivity index (χ2n) is 8.51. The maximum Gasteiger partial charge on any atom is 0.252 e. The van der Waals surface area contributed by atoms with Crippen molar-refractivity contribution in [1.29, 1.82) is 0 Å². The minimum atomic E-state index is -0.184. The number of carbonyl (C=O) groups excluding carboxylic acids is 1. The lowest BCUT2D eigenvalue weighted by molar-refractivity contribution is -0.113. The van der Waals surface area contributed by atoms with E-state index in [1.54, 1.807) is 17.0 Å². The maximum atomic E-state index is 12.9. The Kier molecular flexibility index (Phi) is 6.53. The first-order valence-electron chi connectivity index (χ1n) is 11.5. The molecule has 11 nitrogen and oxygen atoms in total. The fourth-order valence-corrected chi connectivity index (χ4v) is 4.82. The van der Waals surface area contributed by atoms with Gasteiger partial charge >= 0.3 is 0 Å². The summed E-state index contributed by atoms with van der Waals surface area (Å²) in [6, 6.07) is 7.48. The zero-order chi connectivity index (χ0) is 24.4. The molecule has 1 aliphatic heterocycles. The molecule has 5 rings (SSSR count). The van der Waals surface area contributed by atoms with E-state index in [1.165, 1.54) is 11.8 Å².